The van der Waals surface area contributed by atoms with Gasteiger partial charge in [0.15, 0.2) is 0 Å². The third kappa shape index (κ3) is 4.65. The zero-order valence-corrected chi connectivity index (χ0v) is 41.1. The molecule has 0 spiro atoms. The summed E-state index contributed by atoms with van der Waals surface area (Å²) in [6, 6.07) is 33.1. The maximum Gasteiger partial charge on any atom is 0.252 e. The molecule has 0 bridgehead atoms. The Labute approximate surface area is 373 Å². The SMILES string of the molecule is CC(C)(C)c1ccc2c(c1)c1cc(C(C)(C)C)cc3c1n2-c1cc(N2c4ccccc4C4(C)CCCCC24C)cc2c1B3c1cc([Si](C)(C)C)cc3c1N2C1(C)CCCCC31C. The minimum Gasteiger partial charge on any atom is -0.335 e. The summed E-state index contributed by atoms with van der Waals surface area (Å²) in [6.45, 7) is 32.8. The Bertz CT molecular complexity index is 2970. The first-order chi connectivity index (χ1) is 29.1. The lowest BCUT2D eigenvalue weighted by atomic mass is 9.33. The largest absolute Gasteiger partial charge is 0.335 e. The Kier molecular flexibility index (Phi) is 7.57. The third-order valence-electron chi connectivity index (χ3n) is 18.5. The highest BCUT2D eigenvalue weighted by Crippen LogP contribution is 2.64. The van der Waals surface area contributed by atoms with Crippen LogP contribution in [0.15, 0.2) is 78.9 Å². The van der Waals surface area contributed by atoms with Crippen LogP contribution in [-0.2, 0) is 21.7 Å². The number of rotatable bonds is 2. The number of nitrogens with zero attached hydrogens (tertiary/aromatic N) is 3. The van der Waals surface area contributed by atoms with Crippen molar-refractivity contribution < 1.29 is 0 Å². The van der Waals surface area contributed by atoms with E-state index in [1.54, 1.807) is 21.9 Å². The minimum atomic E-state index is -1.71. The molecule has 1 aromatic heterocycles. The Balaban J connectivity index is 1.27. The van der Waals surface area contributed by atoms with Crippen molar-refractivity contribution in [3.63, 3.8) is 0 Å². The summed E-state index contributed by atoms with van der Waals surface area (Å²) in [7, 11) is -1.71. The van der Waals surface area contributed by atoms with Crippen molar-refractivity contribution in [1.29, 1.82) is 0 Å². The Morgan fingerprint density at radius 2 is 1.18 bits per heavy atom. The first-order valence-electron chi connectivity index (χ1n) is 24.3. The summed E-state index contributed by atoms with van der Waals surface area (Å²) in [5.41, 5.74) is 20.7. The second-order valence-electron chi connectivity index (χ2n) is 24.9. The molecule has 5 heterocycles. The average Bonchev–Trinajstić information content (AvgIpc) is 3.73. The van der Waals surface area contributed by atoms with Crippen LogP contribution in [0.3, 0.4) is 0 Å². The van der Waals surface area contributed by atoms with Gasteiger partial charge in [0.25, 0.3) is 6.71 Å². The van der Waals surface area contributed by atoms with Crippen LogP contribution >= 0.6 is 0 Å². The molecule has 4 unspecified atom stereocenters. The molecular weight excluding hydrogens is 766 g/mol. The van der Waals surface area contributed by atoms with Crippen molar-refractivity contribution in [3.8, 4) is 5.69 Å². The van der Waals surface area contributed by atoms with E-state index in [1.807, 2.05) is 0 Å². The smallest absolute Gasteiger partial charge is 0.252 e. The molecular formula is C57H68BN3Si. The lowest BCUT2D eigenvalue weighted by Gasteiger charge is -2.53. The van der Waals surface area contributed by atoms with Crippen molar-refractivity contribution in [2.75, 3.05) is 9.80 Å². The van der Waals surface area contributed by atoms with E-state index in [0.29, 0.717) is 0 Å². The molecule has 6 aromatic rings. The molecule has 318 valence electrons. The highest BCUT2D eigenvalue weighted by molar-refractivity contribution is 7.01. The van der Waals surface area contributed by atoms with E-state index < -0.39 is 8.07 Å². The molecule has 0 amide bonds. The first kappa shape index (κ1) is 39.4. The predicted molar refractivity (Wildman–Crippen MR) is 271 cm³/mol. The van der Waals surface area contributed by atoms with Gasteiger partial charge in [-0.05, 0) is 125 Å². The van der Waals surface area contributed by atoms with Gasteiger partial charge in [-0.2, -0.15) is 0 Å². The van der Waals surface area contributed by atoms with Gasteiger partial charge in [-0.25, -0.2) is 0 Å². The van der Waals surface area contributed by atoms with Gasteiger partial charge in [-0.1, -0.05) is 148 Å². The number of para-hydroxylation sites is 1. The number of benzene rings is 5. The van der Waals surface area contributed by atoms with Gasteiger partial charge < -0.3 is 14.4 Å². The Morgan fingerprint density at radius 1 is 0.565 bits per heavy atom. The number of hydrogen-bond acceptors (Lipinski definition) is 2. The van der Waals surface area contributed by atoms with Crippen LogP contribution in [0.2, 0.25) is 19.6 Å². The van der Waals surface area contributed by atoms with Crippen LogP contribution in [0.1, 0.15) is 143 Å². The summed E-state index contributed by atoms with van der Waals surface area (Å²) in [4.78, 5) is 5.84. The molecule has 0 saturated heterocycles. The molecule has 4 aliphatic heterocycles. The molecule has 6 aliphatic rings. The average molecular weight is 834 g/mol. The summed E-state index contributed by atoms with van der Waals surface area (Å²) in [6.07, 6.45) is 10.0. The van der Waals surface area contributed by atoms with Crippen molar-refractivity contribution in [2.45, 2.75) is 173 Å². The highest BCUT2D eigenvalue weighted by atomic mass is 28.3. The van der Waals surface area contributed by atoms with Crippen molar-refractivity contribution in [2.24, 2.45) is 0 Å². The van der Waals surface area contributed by atoms with Crippen molar-refractivity contribution >= 4 is 80.9 Å². The molecule has 2 saturated carbocycles. The van der Waals surface area contributed by atoms with Crippen LogP contribution < -0.4 is 31.4 Å². The van der Waals surface area contributed by atoms with E-state index in [-0.39, 0.29) is 39.5 Å². The Hall–Kier alpha value is -4.22. The fraction of sp³-hybridized carbons (Fsp3) is 0.474. The summed E-state index contributed by atoms with van der Waals surface area (Å²) in [5.74, 6) is 0. The zero-order valence-electron chi connectivity index (χ0n) is 40.1. The fourth-order valence-corrected chi connectivity index (χ4v) is 15.6. The van der Waals surface area contributed by atoms with Gasteiger partial charge in [0.05, 0.1) is 24.7 Å². The maximum absolute atomic E-state index is 2.98. The molecule has 0 N–H and O–H groups in total. The van der Waals surface area contributed by atoms with Gasteiger partial charge in [-0.3, -0.25) is 0 Å². The van der Waals surface area contributed by atoms with Crippen LogP contribution in [-0.4, -0.2) is 30.4 Å². The second kappa shape index (κ2) is 11.9. The van der Waals surface area contributed by atoms with E-state index in [1.165, 1.54) is 124 Å². The van der Waals surface area contributed by atoms with Gasteiger partial charge in [0, 0.05) is 55.6 Å². The Morgan fingerprint density at radius 3 is 1.85 bits per heavy atom. The van der Waals surface area contributed by atoms with Crippen LogP contribution in [0.25, 0.3) is 27.5 Å². The van der Waals surface area contributed by atoms with Crippen molar-refractivity contribution in [1.82, 2.24) is 4.57 Å². The summed E-state index contributed by atoms with van der Waals surface area (Å²) < 4.78 is 2.76. The van der Waals surface area contributed by atoms with Crippen LogP contribution in [0.4, 0.5) is 22.7 Å². The van der Waals surface area contributed by atoms with Gasteiger partial charge >= 0.3 is 0 Å². The van der Waals surface area contributed by atoms with Crippen LogP contribution in [0, 0.1) is 0 Å². The van der Waals surface area contributed by atoms with E-state index in [2.05, 4.69) is 182 Å². The molecule has 3 nitrogen and oxygen atoms in total. The highest BCUT2D eigenvalue weighted by Gasteiger charge is 2.62. The maximum atomic E-state index is 2.98. The van der Waals surface area contributed by atoms with E-state index in [9.17, 15) is 0 Å². The predicted octanol–water partition coefficient (Wildman–Crippen LogP) is 12.6. The van der Waals surface area contributed by atoms with Crippen molar-refractivity contribution in [3.05, 3.63) is 101 Å². The topological polar surface area (TPSA) is 11.4 Å². The standard InChI is InChI=1S/C57H68BN3Si/c1-52(2,3)35-22-23-45-39(28-35)40-29-36(53(4,5)6)30-43-50(40)59(45)47-31-37(60-46-21-15-14-20-41(46)54(7)24-16-18-26-56(54,60)9)32-48-49(47)58(43)44-34-38(62(11,12)13)33-42-51(44)61(48)57(10)27-19-17-25-55(42,57)8/h14-15,20-23,28-34H,16-19,24-27H2,1-13H3. The number of fused-ring (bicyclic) bond motifs is 13. The molecule has 5 heteroatoms. The third-order valence-corrected chi connectivity index (χ3v) is 20.5. The molecule has 5 aromatic carbocycles. The van der Waals surface area contributed by atoms with Crippen LogP contribution in [0.5, 0.6) is 0 Å². The molecule has 0 radical (unpaired) electrons. The quantitative estimate of drug-likeness (QED) is 0.161. The number of hydrogen-bond donors (Lipinski definition) is 0. The van der Waals surface area contributed by atoms with E-state index in [4.69, 9.17) is 0 Å². The van der Waals surface area contributed by atoms with E-state index >= 15 is 0 Å². The zero-order chi connectivity index (χ0) is 43.5. The fourth-order valence-electron chi connectivity index (χ4n) is 14.4. The number of aromatic nitrogens is 1. The minimum absolute atomic E-state index is 0.00231. The molecule has 2 aliphatic carbocycles. The van der Waals surface area contributed by atoms with Gasteiger partial charge in [0.2, 0.25) is 0 Å². The van der Waals surface area contributed by atoms with Gasteiger partial charge in [-0.15, -0.1) is 0 Å². The summed E-state index contributed by atoms with van der Waals surface area (Å²) >= 11 is 0. The molecule has 12 rings (SSSR count). The van der Waals surface area contributed by atoms with E-state index in [0.717, 1.165) is 0 Å². The lowest BCUT2D eigenvalue weighted by molar-refractivity contribution is 0.194. The summed E-state index contributed by atoms with van der Waals surface area (Å²) in [5, 5.41) is 4.42. The number of anilines is 4. The lowest BCUT2D eigenvalue weighted by Crippen LogP contribution is -2.64. The second-order valence-corrected chi connectivity index (χ2v) is 30.0. The normalized spacial score (nSPS) is 27.1. The first-order valence-corrected chi connectivity index (χ1v) is 27.8. The monoisotopic (exact) mass is 834 g/mol. The molecule has 2 fully saturated rings. The molecule has 4 atom stereocenters. The van der Waals surface area contributed by atoms with Gasteiger partial charge in [0.1, 0.15) is 0 Å². The molecule has 62 heavy (non-hydrogen) atoms.